The van der Waals surface area contributed by atoms with Gasteiger partial charge in [-0.1, -0.05) is 0 Å². The number of nitro groups is 1. The van der Waals surface area contributed by atoms with Crippen molar-refractivity contribution in [1.82, 2.24) is 19.6 Å². The summed E-state index contributed by atoms with van der Waals surface area (Å²) in [5, 5.41) is 21.3. The van der Waals surface area contributed by atoms with Crippen molar-refractivity contribution < 1.29 is 19.2 Å². The lowest BCUT2D eigenvalue weighted by atomic mass is 10.3. The van der Waals surface area contributed by atoms with E-state index in [2.05, 4.69) is 15.5 Å². The van der Waals surface area contributed by atoms with Gasteiger partial charge in [-0.25, -0.2) is 4.79 Å². The minimum atomic E-state index is -0.579. The van der Waals surface area contributed by atoms with Gasteiger partial charge in [0.05, 0.1) is 17.7 Å². The van der Waals surface area contributed by atoms with Crippen molar-refractivity contribution >= 4 is 23.4 Å². The van der Waals surface area contributed by atoms with Crippen LogP contribution in [-0.2, 0) is 23.1 Å². The summed E-state index contributed by atoms with van der Waals surface area (Å²) in [5.74, 6) is -0.736. The monoisotopic (exact) mass is 350 g/mol. The maximum Gasteiger partial charge on any atom is 0.343 e. The Morgan fingerprint density at radius 3 is 2.76 bits per heavy atom. The molecule has 0 aliphatic rings. The molecule has 11 heteroatoms. The number of hydrogen-bond acceptors (Lipinski definition) is 7. The number of aryl methyl sites for hydroxylation is 3. The molecule has 1 N–H and O–H groups in total. The number of amides is 1. The fourth-order valence-electron chi connectivity index (χ4n) is 2.16. The quantitative estimate of drug-likeness (QED) is 0.448. The molecule has 0 fully saturated rings. The van der Waals surface area contributed by atoms with Crippen LogP contribution in [0.15, 0.2) is 12.4 Å². The number of nitrogens with one attached hydrogen (secondary N) is 1. The molecule has 0 radical (unpaired) electrons. The van der Waals surface area contributed by atoms with E-state index in [0.29, 0.717) is 0 Å². The first-order valence-electron chi connectivity index (χ1n) is 7.50. The lowest BCUT2D eigenvalue weighted by molar-refractivity contribution is -0.385. The molecule has 1 amide bonds. The van der Waals surface area contributed by atoms with E-state index in [-0.39, 0.29) is 48.2 Å². The molecule has 0 atom stereocenters. The summed E-state index contributed by atoms with van der Waals surface area (Å²) in [7, 11) is 1.58. The summed E-state index contributed by atoms with van der Waals surface area (Å²) < 4.78 is 7.60. The highest BCUT2D eigenvalue weighted by Crippen LogP contribution is 2.17. The van der Waals surface area contributed by atoms with Crippen LogP contribution in [0.5, 0.6) is 0 Å². The van der Waals surface area contributed by atoms with E-state index < -0.39 is 10.9 Å². The molecule has 0 aliphatic heterocycles. The second-order valence-corrected chi connectivity index (χ2v) is 5.17. The number of ether oxygens (including phenoxy) is 1. The molecule has 0 bridgehead atoms. The number of carbonyl (C=O) groups excluding carboxylic acids is 2. The average Bonchev–Trinajstić information content (AvgIpc) is 3.09. The maximum absolute atomic E-state index is 12.1. The van der Waals surface area contributed by atoms with Gasteiger partial charge in [0.2, 0.25) is 5.91 Å². The second-order valence-electron chi connectivity index (χ2n) is 5.17. The summed E-state index contributed by atoms with van der Waals surface area (Å²) >= 11 is 0. The van der Waals surface area contributed by atoms with Gasteiger partial charge < -0.3 is 10.1 Å². The summed E-state index contributed by atoms with van der Waals surface area (Å²) in [6.07, 6.45) is 2.61. The molecule has 0 saturated carbocycles. The highest BCUT2D eigenvalue weighted by atomic mass is 16.6. The van der Waals surface area contributed by atoms with Crippen molar-refractivity contribution in [1.29, 1.82) is 0 Å². The van der Waals surface area contributed by atoms with E-state index in [1.807, 2.05) is 0 Å². The van der Waals surface area contributed by atoms with E-state index >= 15 is 0 Å². The topological polar surface area (TPSA) is 134 Å². The fraction of sp³-hybridized carbons (Fsp3) is 0.429. The second kappa shape index (κ2) is 7.55. The van der Waals surface area contributed by atoms with Crippen LogP contribution in [0.2, 0.25) is 0 Å². The molecule has 25 heavy (non-hydrogen) atoms. The van der Waals surface area contributed by atoms with Crippen molar-refractivity contribution in [2.24, 2.45) is 7.05 Å². The van der Waals surface area contributed by atoms with Crippen LogP contribution in [0, 0.1) is 17.0 Å². The summed E-state index contributed by atoms with van der Waals surface area (Å²) in [4.78, 5) is 34.2. The summed E-state index contributed by atoms with van der Waals surface area (Å²) in [5.41, 5.74) is 0.335. The van der Waals surface area contributed by atoms with Crippen LogP contribution in [0.4, 0.5) is 11.5 Å². The Labute approximate surface area is 142 Å². The van der Waals surface area contributed by atoms with Gasteiger partial charge in [0, 0.05) is 20.0 Å². The zero-order valence-electron chi connectivity index (χ0n) is 14.1. The van der Waals surface area contributed by atoms with Crippen LogP contribution < -0.4 is 5.32 Å². The van der Waals surface area contributed by atoms with Crippen molar-refractivity contribution in [3.63, 3.8) is 0 Å². The number of esters is 1. The molecule has 2 rings (SSSR count). The third kappa shape index (κ3) is 4.19. The van der Waals surface area contributed by atoms with Crippen LogP contribution in [-0.4, -0.2) is 43.0 Å². The first-order chi connectivity index (χ1) is 11.8. The maximum atomic E-state index is 12.1. The van der Waals surface area contributed by atoms with Gasteiger partial charge in [0.15, 0.2) is 0 Å². The third-order valence-corrected chi connectivity index (χ3v) is 3.38. The highest BCUT2D eigenvalue weighted by molar-refractivity contribution is 6.00. The van der Waals surface area contributed by atoms with Crippen molar-refractivity contribution in [2.45, 2.75) is 26.8 Å². The standard InChI is InChI=1S/C14H18N6O5/c1-4-25-14(22)10-7-15-18(3)13(10)16-12(21)5-6-19-8-11(20(23)24)9(2)17-19/h7-8H,4-6H2,1-3H3,(H,16,21). The fourth-order valence-corrected chi connectivity index (χ4v) is 2.16. The van der Waals surface area contributed by atoms with E-state index in [4.69, 9.17) is 4.74 Å². The number of nitrogens with zero attached hydrogens (tertiary/aromatic N) is 5. The molecular weight excluding hydrogens is 332 g/mol. The minimum absolute atomic E-state index is 0.0196. The Balaban J connectivity index is 2.01. The van der Waals surface area contributed by atoms with E-state index in [0.717, 1.165) is 0 Å². The Hall–Kier alpha value is -3.24. The predicted octanol–water partition coefficient (Wildman–Crippen LogP) is 1.04. The zero-order chi connectivity index (χ0) is 18.6. The average molecular weight is 350 g/mol. The van der Waals surface area contributed by atoms with Gasteiger partial charge >= 0.3 is 11.7 Å². The SMILES string of the molecule is CCOC(=O)c1cnn(C)c1NC(=O)CCn1cc([N+](=O)[O-])c(C)n1. The third-order valence-electron chi connectivity index (χ3n) is 3.38. The molecule has 0 spiro atoms. The van der Waals surface area contributed by atoms with Crippen LogP contribution in [0.1, 0.15) is 29.4 Å². The molecule has 0 aromatic carbocycles. The molecule has 0 aliphatic carbocycles. The molecular formula is C14H18N6O5. The van der Waals surface area contributed by atoms with Gasteiger partial charge in [-0.05, 0) is 13.8 Å². The minimum Gasteiger partial charge on any atom is -0.462 e. The predicted molar refractivity (Wildman–Crippen MR) is 86.0 cm³/mol. The van der Waals surface area contributed by atoms with E-state index in [9.17, 15) is 19.7 Å². The molecule has 2 aromatic heterocycles. The lowest BCUT2D eigenvalue weighted by Crippen LogP contribution is -2.19. The lowest BCUT2D eigenvalue weighted by Gasteiger charge is -2.08. The number of rotatable bonds is 7. The summed E-state index contributed by atoms with van der Waals surface area (Å²) in [6.45, 7) is 3.57. The Kier molecular flexibility index (Phi) is 5.47. The number of aromatic nitrogens is 4. The van der Waals surface area contributed by atoms with E-state index in [1.54, 1.807) is 14.0 Å². The van der Waals surface area contributed by atoms with Crippen molar-refractivity contribution in [3.8, 4) is 0 Å². The van der Waals surface area contributed by atoms with Crippen molar-refractivity contribution in [2.75, 3.05) is 11.9 Å². The normalized spacial score (nSPS) is 10.5. The summed E-state index contributed by atoms with van der Waals surface area (Å²) in [6, 6.07) is 0. The number of hydrogen-bond donors (Lipinski definition) is 1. The zero-order valence-corrected chi connectivity index (χ0v) is 14.1. The Morgan fingerprint density at radius 1 is 1.44 bits per heavy atom. The van der Waals surface area contributed by atoms with Gasteiger partial charge in [-0.15, -0.1) is 0 Å². The molecule has 0 saturated heterocycles. The Bertz CT molecular complexity index is 809. The van der Waals surface area contributed by atoms with Gasteiger partial charge in [-0.3, -0.25) is 24.3 Å². The first-order valence-corrected chi connectivity index (χ1v) is 7.50. The van der Waals surface area contributed by atoms with Crippen LogP contribution in [0.25, 0.3) is 0 Å². The number of carbonyl (C=O) groups is 2. The molecule has 2 heterocycles. The number of anilines is 1. The Morgan fingerprint density at radius 2 is 2.16 bits per heavy atom. The molecule has 134 valence electrons. The van der Waals surface area contributed by atoms with Crippen LogP contribution >= 0.6 is 0 Å². The first kappa shape index (κ1) is 18.1. The largest absolute Gasteiger partial charge is 0.462 e. The van der Waals surface area contributed by atoms with Crippen LogP contribution in [0.3, 0.4) is 0 Å². The van der Waals surface area contributed by atoms with E-state index in [1.165, 1.54) is 28.7 Å². The molecule has 2 aromatic rings. The van der Waals surface area contributed by atoms with Gasteiger partial charge in [0.25, 0.3) is 0 Å². The molecule has 0 unspecified atom stereocenters. The van der Waals surface area contributed by atoms with Gasteiger partial charge in [-0.2, -0.15) is 10.2 Å². The highest BCUT2D eigenvalue weighted by Gasteiger charge is 2.20. The van der Waals surface area contributed by atoms with Crippen molar-refractivity contribution in [3.05, 3.63) is 33.8 Å². The smallest absolute Gasteiger partial charge is 0.343 e. The molecule has 11 nitrogen and oxygen atoms in total. The van der Waals surface area contributed by atoms with Gasteiger partial charge in [0.1, 0.15) is 23.3 Å².